The highest BCUT2D eigenvalue weighted by atomic mass is 35.5. The van der Waals surface area contributed by atoms with Crippen LogP contribution in [0.4, 0.5) is 14.5 Å². The molecule has 0 spiro atoms. The van der Waals surface area contributed by atoms with E-state index < -0.39 is 17.5 Å². The summed E-state index contributed by atoms with van der Waals surface area (Å²) in [5.41, 5.74) is 0.0860. The lowest BCUT2D eigenvalue weighted by Crippen LogP contribution is -2.14. The van der Waals surface area contributed by atoms with E-state index in [4.69, 9.17) is 25.6 Å². The van der Waals surface area contributed by atoms with Gasteiger partial charge in [-0.15, -0.1) is 0 Å². The standard InChI is InChI=1S/C20H17ClF2N2O4/c1-11-17(19(25-29-11)18-13(21)4-3-5-14(18)22)20(26)24-12-6-7-16(15(23)10-12)28-9-8-27-2/h3-7,10H,8-9H2,1-2H3,(H,24,26). The smallest absolute Gasteiger partial charge is 0.261 e. The summed E-state index contributed by atoms with van der Waals surface area (Å²) in [5.74, 6) is -1.76. The van der Waals surface area contributed by atoms with Gasteiger partial charge in [-0.1, -0.05) is 22.8 Å². The average Bonchev–Trinajstić information content (AvgIpc) is 3.05. The van der Waals surface area contributed by atoms with Crippen molar-refractivity contribution in [3.63, 3.8) is 0 Å². The molecule has 0 saturated carbocycles. The molecular weight excluding hydrogens is 406 g/mol. The van der Waals surface area contributed by atoms with Gasteiger partial charge in [-0.2, -0.15) is 0 Å². The van der Waals surface area contributed by atoms with E-state index in [-0.39, 0.29) is 45.6 Å². The predicted molar refractivity (Wildman–Crippen MR) is 103 cm³/mol. The third-order valence-corrected chi connectivity index (χ3v) is 4.34. The monoisotopic (exact) mass is 422 g/mol. The lowest BCUT2D eigenvalue weighted by atomic mass is 10.0. The number of rotatable bonds is 7. The molecule has 9 heteroatoms. The summed E-state index contributed by atoms with van der Waals surface area (Å²) in [4.78, 5) is 12.8. The number of nitrogens with one attached hydrogen (secondary N) is 1. The highest BCUT2D eigenvalue weighted by Crippen LogP contribution is 2.34. The minimum atomic E-state index is -0.654. The van der Waals surface area contributed by atoms with Gasteiger partial charge in [0.2, 0.25) is 0 Å². The number of ether oxygens (including phenoxy) is 2. The maximum absolute atomic E-state index is 14.3. The van der Waals surface area contributed by atoms with E-state index in [9.17, 15) is 13.6 Å². The summed E-state index contributed by atoms with van der Waals surface area (Å²) in [6.07, 6.45) is 0. The Labute approximate surface area is 170 Å². The number of aryl methyl sites for hydroxylation is 1. The van der Waals surface area contributed by atoms with Crippen molar-refractivity contribution < 1.29 is 27.6 Å². The zero-order chi connectivity index (χ0) is 21.0. The molecule has 152 valence electrons. The van der Waals surface area contributed by atoms with Gasteiger partial charge < -0.3 is 19.3 Å². The van der Waals surface area contributed by atoms with Crippen LogP contribution in [0.1, 0.15) is 16.1 Å². The second-order valence-electron chi connectivity index (χ2n) is 6.00. The number of carbonyl (C=O) groups excluding carboxylic acids is 1. The number of amides is 1. The van der Waals surface area contributed by atoms with E-state index in [1.807, 2.05) is 0 Å². The summed E-state index contributed by atoms with van der Waals surface area (Å²) in [6, 6.07) is 8.08. The van der Waals surface area contributed by atoms with Crippen LogP contribution in [0.5, 0.6) is 5.75 Å². The molecule has 0 aliphatic heterocycles. The first-order valence-electron chi connectivity index (χ1n) is 8.55. The topological polar surface area (TPSA) is 73.6 Å². The third-order valence-electron chi connectivity index (χ3n) is 4.02. The van der Waals surface area contributed by atoms with E-state index in [0.717, 1.165) is 6.07 Å². The number of hydrogen-bond acceptors (Lipinski definition) is 5. The summed E-state index contributed by atoms with van der Waals surface area (Å²) in [7, 11) is 1.51. The number of methoxy groups -OCH3 is 1. The quantitative estimate of drug-likeness (QED) is 0.550. The van der Waals surface area contributed by atoms with E-state index >= 15 is 0 Å². The molecular formula is C20H17ClF2N2O4. The lowest BCUT2D eigenvalue weighted by Gasteiger charge is -2.10. The van der Waals surface area contributed by atoms with Gasteiger partial charge >= 0.3 is 0 Å². The Bertz CT molecular complexity index is 1020. The fourth-order valence-electron chi connectivity index (χ4n) is 2.66. The number of anilines is 1. The third kappa shape index (κ3) is 4.55. The van der Waals surface area contributed by atoms with Crippen molar-refractivity contribution >= 4 is 23.2 Å². The fraction of sp³-hybridized carbons (Fsp3) is 0.200. The van der Waals surface area contributed by atoms with Crippen molar-refractivity contribution in [2.24, 2.45) is 0 Å². The van der Waals surface area contributed by atoms with Gasteiger partial charge in [-0.05, 0) is 31.2 Å². The number of carbonyl (C=O) groups is 1. The van der Waals surface area contributed by atoms with E-state index in [0.29, 0.717) is 6.61 Å². The minimum absolute atomic E-state index is 0.00201. The first-order chi connectivity index (χ1) is 13.9. The molecule has 29 heavy (non-hydrogen) atoms. The molecule has 1 aromatic heterocycles. The molecule has 0 fully saturated rings. The Hall–Kier alpha value is -2.97. The van der Waals surface area contributed by atoms with E-state index in [2.05, 4.69) is 10.5 Å². The van der Waals surface area contributed by atoms with E-state index in [1.165, 1.54) is 44.4 Å². The van der Waals surface area contributed by atoms with Gasteiger partial charge in [0.1, 0.15) is 29.4 Å². The number of benzene rings is 2. The normalized spacial score (nSPS) is 10.8. The summed E-state index contributed by atoms with van der Waals surface area (Å²) < 4.78 is 43.6. The van der Waals surface area contributed by atoms with Crippen molar-refractivity contribution in [1.29, 1.82) is 0 Å². The Morgan fingerprint density at radius 3 is 2.69 bits per heavy atom. The second kappa shape index (κ2) is 9.02. The van der Waals surface area contributed by atoms with Crippen LogP contribution in [0.3, 0.4) is 0 Å². The maximum atomic E-state index is 14.3. The van der Waals surface area contributed by atoms with Crippen molar-refractivity contribution in [3.05, 3.63) is 64.4 Å². The van der Waals surface area contributed by atoms with Crippen LogP contribution in [0.25, 0.3) is 11.3 Å². The van der Waals surface area contributed by atoms with Crippen LogP contribution in [-0.2, 0) is 4.74 Å². The van der Waals surface area contributed by atoms with Crippen LogP contribution in [0.2, 0.25) is 5.02 Å². The first-order valence-corrected chi connectivity index (χ1v) is 8.93. The molecule has 0 unspecified atom stereocenters. The van der Waals surface area contributed by atoms with Crippen LogP contribution in [0, 0.1) is 18.6 Å². The molecule has 3 aromatic rings. The Kier molecular flexibility index (Phi) is 6.46. The zero-order valence-electron chi connectivity index (χ0n) is 15.6. The molecule has 1 amide bonds. The van der Waals surface area contributed by atoms with Gasteiger partial charge in [-0.3, -0.25) is 4.79 Å². The zero-order valence-corrected chi connectivity index (χ0v) is 16.3. The van der Waals surface area contributed by atoms with Crippen molar-refractivity contribution in [3.8, 4) is 17.0 Å². The van der Waals surface area contributed by atoms with Crippen LogP contribution < -0.4 is 10.1 Å². The molecule has 0 aliphatic rings. The molecule has 0 radical (unpaired) electrons. The maximum Gasteiger partial charge on any atom is 0.261 e. The second-order valence-corrected chi connectivity index (χ2v) is 6.41. The van der Waals surface area contributed by atoms with Gasteiger partial charge in [-0.25, -0.2) is 8.78 Å². The van der Waals surface area contributed by atoms with E-state index in [1.54, 1.807) is 0 Å². The number of nitrogens with zero attached hydrogens (tertiary/aromatic N) is 1. The summed E-state index contributed by atoms with van der Waals surface area (Å²) in [5, 5.41) is 6.40. The molecule has 1 N–H and O–H groups in total. The number of aromatic nitrogens is 1. The SMILES string of the molecule is COCCOc1ccc(NC(=O)c2c(-c3c(F)cccc3Cl)noc2C)cc1F. The largest absolute Gasteiger partial charge is 0.488 e. The van der Waals surface area contributed by atoms with Gasteiger partial charge in [0.25, 0.3) is 5.91 Å². The minimum Gasteiger partial charge on any atom is -0.488 e. The van der Waals surface area contributed by atoms with Crippen LogP contribution in [-0.4, -0.2) is 31.4 Å². The molecule has 0 bridgehead atoms. The van der Waals surface area contributed by atoms with Gasteiger partial charge in [0.15, 0.2) is 11.6 Å². The molecule has 0 atom stereocenters. The van der Waals surface area contributed by atoms with Gasteiger partial charge in [0, 0.05) is 18.9 Å². The highest BCUT2D eigenvalue weighted by molar-refractivity contribution is 6.33. The van der Waals surface area contributed by atoms with Crippen molar-refractivity contribution in [2.75, 3.05) is 25.6 Å². The Balaban J connectivity index is 1.86. The molecule has 1 heterocycles. The summed E-state index contributed by atoms with van der Waals surface area (Å²) in [6.45, 7) is 2.01. The average molecular weight is 423 g/mol. The van der Waals surface area contributed by atoms with Crippen LogP contribution in [0.15, 0.2) is 40.9 Å². The summed E-state index contributed by atoms with van der Waals surface area (Å²) >= 11 is 6.07. The van der Waals surface area contributed by atoms with Gasteiger partial charge in [0.05, 0.1) is 17.2 Å². The molecule has 0 saturated heterocycles. The Morgan fingerprint density at radius 2 is 2.00 bits per heavy atom. The van der Waals surface area contributed by atoms with Crippen molar-refractivity contribution in [2.45, 2.75) is 6.92 Å². The molecule has 0 aliphatic carbocycles. The lowest BCUT2D eigenvalue weighted by molar-refractivity contribution is 0.102. The molecule has 3 rings (SSSR count). The van der Waals surface area contributed by atoms with Crippen molar-refractivity contribution in [1.82, 2.24) is 5.16 Å². The first kappa shape index (κ1) is 20.8. The number of hydrogen-bond donors (Lipinski definition) is 1. The van der Waals surface area contributed by atoms with Crippen LogP contribution >= 0.6 is 11.6 Å². The molecule has 2 aromatic carbocycles. The predicted octanol–water partition coefficient (Wildman–Crippen LogP) is 4.86. The number of halogens is 3. The fourth-order valence-corrected chi connectivity index (χ4v) is 2.91. The highest BCUT2D eigenvalue weighted by Gasteiger charge is 2.25. The Morgan fingerprint density at radius 1 is 1.21 bits per heavy atom. The molecule has 6 nitrogen and oxygen atoms in total.